The summed E-state index contributed by atoms with van der Waals surface area (Å²) in [5.41, 5.74) is 3.22. The first-order valence-corrected chi connectivity index (χ1v) is 8.82. The highest BCUT2D eigenvalue weighted by Gasteiger charge is 2.17. The third-order valence-corrected chi connectivity index (χ3v) is 5.73. The lowest BCUT2D eigenvalue weighted by Crippen LogP contribution is -2.14. The first-order valence-electron chi connectivity index (χ1n) is 6.34. The molecule has 1 atom stereocenters. The summed E-state index contributed by atoms with van der Waals surface area (Å²) in [6.45, 7) is 3.88. The molecular weight excluding hydrogens is 350 g/mol. The first kappa shape index (κ1) is 14.3. The minimum atomic E-state index is -2.68. The second-order valence-corrected chi connectivity index (χ2v) is 7.87. The summed E-state index contributed by atoms with van der Waals surface area (Å²) in [5, 5.41) is 0. The third-order valence-electron chi connectivity index (χ3n) is 3.29. The molecule has 4 nitrogen and oxygen atoms in total. The average molecular weight is 364 g/mol. The molecule has 0 aliphatic rings. The van der Waals surface area contributed by atoms with Gasteiger partial charge in [0.05, 0.1) is 20.8 Å². The lowest BCUT2D eigenvalue weighted by Gasteiger charge is -2.14. The summed E-state index contributed by atoms with van der Waals surface area (Å²) in [5.74, 6) is 3.96. The SMILES string of the molecule is C=S(=O)(c1ccc(C)cc1)n1c(C)cc2nc(Br)cnc21. The number of rotatable bonds is 2. The van der Waals surface area contributed by atoms with Crippen molar-refractivity contribution in [3.05, 3.63) is 52.4 Å². The maximum atomic E-state index is 13.3. The molecule has 0 saturated heterocycles. The molecule has 0 bridgehead atoms. The van der Waals surface area contributed by atoms with Gasteiger partial charge >= 0.3 is 0 Å². The van der Waals surface area contributed by atoms with Crippen LogP contribution in [0.1, 0.15) is 11.3 Å². The number of fused-ring (bicyclic) bond motifs is 1. The van der Waals surface area contributed by atoms with Crippen LogP contribution in [-0.2, 0) is 9.71 Å². The minimum Gasteiger partial charge on any atom is -0.250 e. The van der Waals surface area contributed by atoms with Crippen molar-refractivity contribution < 1.29 is 4.21 Å². The molecule has 108 valence electrons. The smallest absolute Gasteiger partial charge is 0.170 e. The Morgan fingerprint density at radius 2 is 1.90 bits per heavy atom. The van der Waals surface area contributed by atoms with Gasteiger partial charge in [0.2, 0.25) is 0 Å². The highest BCUT2D eigenvalue weighted by atomic mass is 79.9. The zero-order valence-corrected chi connectivity index (χ0v) is 14.1. The molecule has 2 heterocycles. The van der Waals surface area contributed by atoms with Gasteiger partial charge < -0.3 is 0 Å². The minimum absolute atomic E-state index is 0.580. The molecule has 0 amide bonds. The van der Waals surface area contributed by atoms with Gasteiger partial charge in [0, 0.05) is 5.69 Å². The van der Waals surface area contributed by atoms with E-state index >= 15 is 0 Å². The molecule has 6 heteroatoms. The van der Waals surface area contributed by atoms with Gasteiger partial charge in [-0.05, 0) is 53.8 Å². The molecule has 1 unspecified atom stereocenters. The fraction of sp³-hybridized carbons (Fsp3) is 0.133. The first-order chi connectivity index (χ1) is 9.89. The van der Waals surface area contributed by atoms with E-state index in [4.69, 9.17) is 0 Å². The zero-order chi connectivity index (χ0) is 15.2. The van der Waals surface area contributed by atoms with Crippen molar-refractivity contribution in [1.82, 2.24) is 13.9 Å². The van der Waals surface area contributed by atoms with E-state index in [-0.39, 0.29) is 0 Å². The number of hydrogen-bond donors (Lipinski definition) is 0. The number of aryl methyl sites for hydroxylation is 2. The van der Waals surface area contributed by atoms with Crippen molar-refractivity contribution >= 4 is 42.7 Å². The van der Waals surface area contributed by atoms with Crippen molar-refractivity contribution in [3.63, 3.8) is 0 Å². The summed E-state index contributed by atoms with van der Waals surface area (Å²) in [6, 6.07) is 9.43. The predicted molar refractivity (Wildman–Crippen MR) is 90.1 cm³/mol. The van der Waals surface area contributed by atoms with Crippen LogP contribution in [0.4, 0.5) is 0 Å². The molecular formula is C15H14BrN3OS. The summed E-state index contributed by atoms with van der Waals surface area (Å²) in [6.07, 6.45) is 1.60. The lowest BCUT2D eigenvalue weighted by molar-refractivity contribution is 0.675. The molecule has 0 fully saturated rings. The van der Waals surface area contributed by atoms with Gasteiger partial charge in [0.25, 0.3) is 0 Å². The maximum absolute atomic E-state index is 13.3. The molecule has 0 radical (unpaired) electrons. The molecule has 0 aliphatic heterocycles. The van der Waals surface area contributed by atoms with Crippen molar-refractivity contribution in [1.29, 1.82) is 0 Å². The van der Waals surface area contributed by atoms with Crippen LogP contribution < -0.4 is 0 Å². The lowest BCUT2D eigenvalue weighted by atomic mass is 10.2. The molecule has 0 N–H and O–H groups in total. The van der Waals surface area contributed by atoms with Gasteiger partial charge in [-0.15, -0.1) is 0 Å². The fourth-order valence-corrected chi connectivity index (χ4v) is 4.28. The fourth-order valence-electron chi connectivity index (χ4n) is 2.28. The largest absolute Gasteiger partial charge is 0.250 e. The van der Waals surface area contributed by atoms with Crippen LogP contribution >= 0.6 is 15.9 Å². The third kappa shape index (κ3) is 2.38. The predicted octanol–water partition coefficient (Wildman–Crippen LogP) is 3.35. The van der Waals surface area contributed by atoms with Crippen molar-refractivity contribution in [2.75, 3.05) is 0 Å². The Kier molecular flexibility index (Phi) is 3.37. The maximum Gasteiger partial charge on any atom is 0.170 e. The summed E-state index contributed by atoms with van der Waals surface area (Å²) >= 11 is 3.30. The number of aromatic nitrogens is 3. The second kappa shape index (κ2) is 4.96. The van der Waals surface area contributed by atoms with Gasteiger partial charge in [0.1, 0.15) is 10.1 Å². The van der Waals surface area contributed by atoms with Crippen molar-refractivity contribution in [2.24, 2.45) is 0 Å². The number of hydrogen-bond acceptors (Lipinski definition) is 3. The van der Waals surface area contributed by atoms with Crippen molar-refractivity contribution in [2.45, 2.75) is 18.7 Å². The number of nitrogens with zero attached hydrogens (tertiary/aromatic N) is 3. The second-order valence-electron chi connectivity index (χ2n) is 4.94. The Labute approximate surface area is 132 Å². The Bertz CT molecular complexity index is 927. The van der Waals surface area contributed by atoms with E-state index in [9.17, 15) is 4.21 Å². The molecule has 2 aromatic heterocycles. The summed E-state index contributed by atoms with van der Waals surface area (Å²) < 4.78 is 15.6. The number of halogens is 1. The van der Waals surface area contributed by atoms with Gasteiger partial charge in [-0.25, -0.2) is 18.1 Å². The molecule has 0 aliphatic carbocycles. The molecule has 0 spiro atoms. The van der Waals surface area contributed by atoms with E-state index in [0.29, 0.717) is 20.7 Å². The van der Waals surface area contributed by atoms with Crippen molar-refractivity contribution in [3.8, 4) is 0 Å². The topological polar surface area (TPSA) is 47.8 Å². The number of benzene rings is 1. The highest BCUT2D eigenvalue weighted by Crippen LogP contribution is 2.24. The Morgan fingerprint density at radius 1 is 1.24 bits per heavy atom. The van der Waals surface area contributed by atoms with E-state index < -0.39 is 9.71 Å². The molecule has 0 saturated carbocycles. The van der Waals surface area contributed by atoms with E-state index in [1.54, 1.807) is 10.2 Å². The average Bonchev–Trinajstić information content (AvgIpc) is 2.74. The van der Waals surface area contributed by atoms with Gasteiger partial charge in [-0.3, -0.25) is 0 Å². The van der Waals surface area contributed by atoms with E-state index in [1.807, 2.05) is 44.2 Å². The zero-order valence-electron chi connectivity index (χ0n) is 11.7. The Hall–Kier alpha value is -1.66. The van der Waals surface area contributed by atoms with Gasteiger partial charge in [-0.1, -0.05) is 17.7 Å². The molecule has 1 aromatic carbocycles. The molecule has 21 heavy (non-hydrogen) atoms. The summed E-state index contributed by atoms with van der Waals surface area (Å²) in [4.78, 5) is 9.38. The monoisotopic (exact) mass is 363 g/mol. The highest BCUT2D eigenvalue weighted by molar-refractivity contribution is 9.10. The van der Waals surface area contributed by atoms with E-state index in [2.05, 4.69) is 31.8 Å². The molecule has 3 aromatic rings. The van der Waals surface area contributed by atoms with Crippen LogP contribution in [0, 0.1) is 13.8 Å². The summed E-state index contributed by atoms with van der Waals surface area (Å²) in [7, 11) is -2.68. The van der Waals surface area contributed by atoms with E-state index in [0.717, 1.165) is 11.3 Å². The van der Waals surface area contributed by atoms with Gasteiger partial charge in [-0.2, -0.15) is 0 Å². The normalized spacial score (nSPS) is 14.2. The standard InChI is InChI=1S/C15H14BrN3OS/c1-10-4-6-12(7-5-10)21(3,20)19-11(2)8-13-15(19)17-9-14(16)18-13/h4-9H,3H2,1-2H3. The van der Waals surface area contributed by atoms with Crippen LogP contribution in [0.3, 0.4) is 0 Å². The quantitative estimate of drug-likeness (QED) is 0.656. The van der Waals surface area contributed by atoms with Crippen LogP contribution in [-0.4, -0.2) is 24.0 Å². The van der Waals surface area contributed by atoms with Crippen LogP contribution in [0.5, 0.6) is 0 Å². The van der Waals surface area contributed by atoms with Crippen LogP contribution in [0.25, 0.3) is 11.2 Å². The molecule has 3 rings (SSSR count). The van der Waals surface area contributed by atoms with Crippen LogP contribution in [0.15, 0.2) is 46.0 Å². The Morgan fingerprint density at radius 3 is 2.57 bits per heavy atom. The Balaban J connectivity index is 2.28. The van der Waals surface area contributed by atoms with Gasteiger partial charge in [0.15, 0.2) is 5.65 Å². The van der Waals surface area contributed by atoms with E-state index in [1.165, 1.54) is 0 Å². The van der Waals surface area contributed by atoms with Crippen LogP contribution in [0.2, 0.25) is 0 Å².